The molecule has 1 aliphatic heterocycles. The summed E-state index contributed by atoms with van der Waals surface area (Å²) in [5, 5.41) is 0. The fourth-order valence-corrected chi connectivity index (χ4v) is 7.56. The predicted molar refractivity (Wildman–Crippen MR) is 150 cm³/mol. The first-order valence-electron chi connectivity index (χ1n) is 11.8. The van der Waals surface area contributed by atoms with E-state index in [1.165, 1.54) is 12.1 Å². The van der Waals surface area contributed by atoms with E-state index in [0.717, 1.165) is 28.1 Å². The molecule has 1 fully saturated rings. The second-order valence-corrected chi connectivity index (χ2v) is 12.9. The second-order valence-electron chi connectivity index (χ2n) is 8.01. The molecule has 0 aromatic heterocycles. The van der Waals surface area contributed by atoms with E-state index >= 15 is 0 Å². The van der Waals surface area contributed by atoms with Gasteiger partial charge >= 0.3 is 11.9 Å². The van der Waals surface area contributed by atoms with Crippen molar-refractivity contribution < 1.29 is 36.6 Å². The molecule has 0 atom stereocenters. The first-order chi connectivity index (χ1) is 17.9. The third kappa shape index (κ3) is 9.75. The van der Waals surface area contributed by atoms with E-state index in [1.807, 2.05) is 12.1 Å². The van der Waals surface area contributed by atoms with Gasteiger partial charge in [-0.25, -0.2) is 17.6 Å². The van der Waals surface area contributed by atoms with E-state index in [0.29, 0.717) is 29.5 Å². The molecule has 0 amide bonds. The van der Waals surface area contributed by atoms with Gasteiger partial charge in [0.05, 0.1) is 29.3 Å². The molecule has 3 rings (SSSR count). The molecular weight excluding hydrogens is 676 g/mol. The minimum absolute atomic E-state index is 0.136. The Hall–Kier alpha value is -1.24. The third-order valence-electron chi connectivity index (χ3n) is 5.33. The summed E-state index contributed by atoms with van der Waals surface area (Å²) in [7, 11) is 0. The van der Waals surface area contributed by atoms with E-state index in [1.54, 1.807) is 37.4 Å². The van der Waals surface area contributed by atoms with Crippen molar-refractivity contribution >= 4 is 67.3 Å². The van der Waals surface area contributed by atoms with E-state index < -0.39 is 36.1 Å². The zero-order valence-corrected chi connectivity index (χ0v) is 25.6. The molecule has 0 N–H and O–H groups in total. The van der Waals surface area contributed by atoms with Crippen LogP contribution in [0, 0.1) is 11.6 Å². The molecule has 1 heterocycles. The van der Waals surface area contributed by atoms with Crippen LogP contribution in [0.2, 0.25) is 0 Å². The van der Waals surface area contributed by atoms with Gasteiger partial charge in [0.2, 0.25) is 0 Å². The number of hydrogen-bond donors (Lipinski definition) is 0. The number of halogens is 6. The van der Waals surface area contributed by atoms with Crippen molar-refractivity contribution in [3.05, 3.63) is 68.1 Å². The number of ether oxygens (including phenoxy) is 2. The molecule has 0 radical (unpaired) electrons. The van der Waals surface area contributed by atoms with Crippen molar-refractivity contribution in [2.45, 2.75) is 49.5 Å². The van der Waals surface area contributed by atoms with Crippen LogP contribution in [0.5, 0.6) is 0 Å². The van der Waals surface area contributed by atoms with Crippen molar-refractivity contribution in [1.29, 1.82) is 0 Å². The number of thioether (sulfide) groups is 2. The molecule has 1 saturated heterocycles. The number of rotatable bonds is 10. The highest BCUT2D eigenvalue weighted by atomic mass is 79.9. The predicted octanol–water partition coefficient (Wildman–Crippen LogP) is 8.59. The van der Waals surface area contributed by atoms with Crippen LogP contribution >= 0.6 is 55.4 Å². The smallest absolute Gasteiger partial charge is 0.306 e. The van der Waals surface area contributed by atoms with Crippen LogP contribution in [0.1, 0.15) is 50.7 Å². The lowest BCUT2D eigenvalue weighted by molar-refractivity contribution is -0.145. The molecule has 0 aliphatic carbocycles. The SMILES string of the molecule is CCOC(=O)CCC(F)(F)c1ccc(Br)cc1F.CCOC(=O)CCC1(c2ccc(Br)cc2F)SCCS1. The minimum atomic E-state index is -3.39. The zero-order valence-electron chi connectivity index (χ0n) is 20.8. The first-order valence-corrected chi connectivity index (χ1v) is 15.4. The Labute approximate surface area is 245 Å². The molecule has 4 nitrogen and oxygen atoms in total. The number of alkyl halides is 2. The summed E-state index contributed by atoms with van der Waals surface area (Å²) in [6.07, 6.45) is -0.302. The fraction of sp³-hybridized carbons (Fsp3) is 0.462. The lowest BCUT2D eigenvalue weighted by atomic mass is 10.0. The standard InChI is InChI=1S/C14H16BrFO2S2.C12H12BrF3O2/c1-2-18-13(17)5-6-14(19-7-8-20-14)11-4-3-10(15)9-12(11)16;1-2-18-11(17)5-6-12(15,16)9-4-3-8(13)7-10(9)14/h3-4,9H,2,5-8H2,1H3;3-4,7H,2,5-6H2,1H3. The minimum Gasteiger partial charge on any atom is -0.466 e. The first kappa shape index (κ1) is 33.0. The van der Waals surface area contributed by atoms with Crippen LogP contribution in [0.25, 0.3) is 0 Å². The van der Waals surface area contributed by atoms with Crippen LogP contribution in [-0.2, 0) is 29.1 Å². The largest absolute Gasteiger partial charge is 0.466 e. The Morgan fingerprint density at radius 2 is 1.42 bits per heavy atom. The molecule has 2 aromatic rings. The van der Waals surface area contributed by atoms with Gasteiger partial charge in [-0.05, 0) is 50.6 Å². The van der Waals surface area contributed by atoms with Crippen LogP contribution in [0.4, 0.5) is 17.6 Å². The van der Waals surface area contributed by atoms with Gasteiger partial charge in [0.15, 0.2) is 0 Å². The lowest BCUT2D eigenvalue weighted by Gasteiger charge is -2.28. The lowest BCUT2D eigenvalue weighted by Crippen LogP contribution is -2.19. The topological polar surface area (TPSA) is 52.6 Å². The van der Waals surface area contributed by atoms with Crippen molar-refractivity contribution in [2.24, 2.45) is 0 Å². The third-order valence-corrected chi connectivity index (χ3v) is 9.88. The highest BCUT2D eigenvalue weighted by Gasteiger charge is 2.40. The summed E-state index contributed by atoms with van der Waals surface area (Å²) in [4.78, 5) is 22.6. The van der Waals surface area contributed by atoms with Gasteiger partial charge in [-0.15, -0.1) is 23.5 Å². The monoisotopic (exact) mass is 702 g/mol. The molecule has 0 saturated carbocycles. The summed E-state index contributed by atoms with van der Waals surface area (Å²) in [6.45, 7) is 3.90. The fourth-order valence-electron chi connectivity index (χ4n) is 3.60. The van der Waals surface area contributed by atoms with E-state index in [-0.39, 0.29) is 22.5 Å². The molecule has 210 valence electrons. The van der Waals surface area contributed by atoms with E-state index in [9.17, 15) is 27.2 Å². The van der Waals surface area contributed by atoms with Crippen molar-refractivity contribution in [3.63, 3.8) is 0 Å². The average Bonchev–Trinajstić information content (AvgIpc) is 3.32. The van der Waals surface area contributed by atoms with E-state index in [4.69, 9.17) is 4.74 Å². The summed E-state index contributed by atoms with van der Waals surface area (Å²) < 4.78 is 65.3. The molecule has 0 spiro atoms. The van der Waals surface area contributed by atoms with Crippen LogP contribution in [-0.4, -0.2) is 36.7 Å². The van der Waals surface area contributed by atoms with Crippen molar-refractivity contribution in [1.82, 2.24) is 0 Å². The molecule has 1 aliphatic rings. The van der Waals surface area contributed by atoms with Gasteiger partial charge in [-0.3, -0.25) is 9.59 Å². The van der Waals surface area contributed by atoms with Crippen LogP contribution in [0.15, 0.2) is 45.3 Å². The van der Waals surface area contributed by atoms with Crippen molar-refractivity contribution in [3.8, 4) is 0 Å². The molecule has 0 bridgehead atoms. The maximum atomic E-state index is 14.2. The molecule has 0 unspecified atom stereocenters. The number of carbonyl (C=O) groups is 2. The Balaban J connectivity index is 0.000000269. The quantitative estimate of drug-likeness (QED) is 0.183. The van der Waals surface area contributed by atoms with Crippen LogP contribution in [0.3, 0.4) is 0 Å². The zero-order chi connectivity index (χ0) is 28.3. The molecule has 2 aromatic carbocycles. The van der Waals surface area contributed by atoms with Gasteiger partial charge in [0.1, 0.15) is 11.6 Å². The molecule has 38 heavy (non-hydrogen) atoms. The Morgan fingerprint density at radius 3 is 1.95 bits per heavy atom. The maximum absolute atomic E-state index is 14.2. The number of esters is 2. The Bertz CT molecular complexity index is 1100. The molecule has 12 heteroatoms. The highest BCUT2D eigenvalue weighted by molar-refractivity contribution is 9.10. The summed E-state index contributed by atoms with van der Waals surface area (Å²) in [5.41, 5.74) is -0.0347. The summed E-state index contributed by atoms with van der Waals surface area (Å²) in [5.74, 6) is -3.58. The highest BCUT2D eigenvalue weighted by Crippen LogP contribution is 2.55. The molecular formula is C26H28Br2F4O4S2. The average molecular weight is 704 g/mol. The Kier molecular flexibility index (Phi) is 13.5. The summed E-state index contributed by atoms with van der Waals surface area (Å²) >= 11 is 9.71. The van der Waals surface area contributed by atoms with Crippen LogP contribution < -0.4 is 0 Å². The van der Waals surface area contributed by atoms with Crippen molar-refractivity contribution in [2.75, 3.05) is 24.7 Å². The van der Waals surface area contributed by atoms with E-state index in [2.05, 4.69) is 36.6 Å². The Morgan fingerprint density at radius 1 is 0.895 bits per heavy atom. The summed E-state index contributed by atoms with van der Waals surface area (Å²) in [6, 6.07) is 8.45. The maximum Gasteiger partial charge on any atom is 0.306 e. The van der Waals surface area contributed by atoms with Gasteiger partial charge in [0, 0.05) is 38.9 Å². The van der Waals surface area contributed by atoms with Gasteiger partial charge in [-0.2, -0.15) is 0 Å². The van der Waals surface area contributed by atoms with Gasteiger partial charge in [0.25, 0.3) is 5.92 Å². The van der Waals surface area contributed by atoms with Gasteiger partial charge in [-0.1, -0.05) is 37.9 Å². The number of benzene rings is 2. The van der Waals surface area contributed by atoms with Gasteiger partial charge < -0.3 is 9.47 Å². The second kappa shape index (κ2) is 15.5. The normalized spacial score (nSPS) is 14.4. The number of carbonyl (C=O) groups excluding carboxylic acids is 2. The number of hydrogen-bond acceptors (Lipinski definition) is 6.